The summed E-state index contributed by atoms with van der Waals surface area (Å²) >= 11 is 0. The highest BCUT2D eigenvalue weighted by atomic mass is 19.1. The number of nitrogens with one attached hydrogen (secondary N) is 1. The molecule has 2 saturated heterocycles. The first-order chi connectivity index (χ1) is 13.3. The van der Waals surface area contributed by atoms with Crippen molar-refractivity contribution < 1.29 is 27.9 Å². The zero-order valence-corrected chi connectivity index (χ0v) is 15.5. The van der Waals surface area contributed by atoms with Crippen LogP contribution < -0.4 is 11.1 Å². The molecule has 7 nitrogen and oxygen atoms in total. The number of nitrogens with two attached hydrogens (primary N) is 1. The van der Waals surface area contributed by atoms with E-state index in [2.05, 4.69) is 5.32 Å². The van der Waals surface area contributed by atoms with Crippen LogP contribution in [0.4, 0.5) is 8.78 Å². The van der Waals surface area contributed by atoms with Gasteiger partial charge < -0.3 is 15.8 Å². The number of primary amides is 1. The summed E-state index contributed by atoms with van der Waals surface area (Å²) in [6.07, 6.45) is 2.02. The summed E-state index contributed by atoms with van der Waals surface area (Å²) in [6, 6.07) is 2.22. The molecule has 2 heterocycles. The largest absolute Gasteiger partial charge is 0.379 e. The zero-order valence-electron chi connectivity index (χ0n) is 15.5. The van der Waals surface area contributed by atoms with Crippen LogP contribution in [0.5, 0.6) is 0 Å². The normalized spacial score (nSPS) is 33.2. The fourth-order valence-electron chi connectivity index (χ4n) is 3.85. The molecule has 3 aliphatic rings. The average molecular weight is 395 g/mol. The summed E-state index contributed by atoms with van der Waals surface area (Å²) in [5.74, 6) is -2.81. The number of halogens is 2. The lowest BCUT2D eigenvalue weighted by Crippen LogP contribution is -2.48. The molecule has 9 heteroatoms. The number of hydroxylamine groups is 2. The van der Waals surface area contributed by atoms with Gasteiger partial charge in [0.05, 0.1) is 31.2 Å². The van der Waals surface area contributed by atoms with Gasteiger partial charge in [0.2, 0.25) is 5.91 Å². The SMILES string of the molecule is CC1(C(N)=O)CC(c2cc(F)cc(F)c2)N(C2COCC2C(=O)NC2CC2)O1. The van der Waals surface area contributed by atoms with Crippen molar-refractivity contribution in [3.8, 4) is 0 Å². The summed E-state index contributed by atoms with van der Waals surface area (Å²) in [5, 5.41) is 4.43. The molecule has 3 N–H and O–H groups in total. The molecule has 4 atom stereocenters. The lowest BCUT2D eigenvalue weighted by molar-refractivity contribution is -0.224. The standard InChI is InChI=1S/C19H23F2N3O4/c1-19(18(22)26)7-15(10-4-11(20)6-12(21)5-10)24(28-19)16-9-27-8-14(16)17(25)23-13-2-3-13/h4-6,13-16H,2-3,7-9H2,1H3,(H2,22,26)(H,23,25). The Labute approximate surface area is 161 Å². The number of hydrogen-bond donors (Lipinski definition) is 2. The smallest absolute Gasteiger partial charge is 0.251 e. The zero-order chi connectivity index (χ0) is 20.1. The van der Waals surface area contributed by atoms with Crippen LogP contribution in [0.2, 0.25) is 0 Å². The van der Waals surface area contributed by atoms with E-state index in [0.29, 0.717) is 5.56 Å². The molecule has 2 amide bonds. The first-order valence-electron chi connectivity index (χ1n) is 9.38. The second kappa shape index (κ2) is 7.06. The Bertz CT molecular complexity index is 783. The van der Waals surface area contributed by atoms with Crippen LogP contribution in [0.25, 0.3) is 0 Å². The lowest BCUT2D eigenvalue weighted by atomic mass is 9.92. The minimum Gasteiger partial charge on any atom is -0.379 e. The van der Waals surface area contributed by atoms with Crippen LogP contribution in [0.1, 0.15) is 37.8 Å². The third kappa shape index (κ3) is 3.61. The maximum absolute atomic E-state index is 13.8. The van der Waals surface area contributed by atoms with E-state index >= 15 is 0 Å². The third-order valence-electron chi connectivity index (χ3n) is 5.63. The average Bonchev–Trinajstić information content (AvgIpc) is 3.16. The summed E-state index contributed by atoms with van der Waals surface area (Å²) in [4.78, 5) is 30.5. The van der Waals surface area contributed by atoms with Crippen LogP contribution in [-0.2, 0) is 19.2 Å². The summed E-state index contributed by atoms with van der Waals surface area (Å²) < 4.78 is 33.1. The highest BCUT2D eigenvalue weighted by molar-refractivity contribution is 5.83. The first-order valence-corrected chi connectivity index (χ1v) is 9.38. The van der Waals surface area contributed by atoms with Crippen LogP contribution in [0.15, 0.2) is 18.2 Å². The lowest BCUT2D eigenvalue weighted by Gasteiger charge is -2.31. The van der Waals surface area contributed by atoms with E-state index in [0.717, 1.165) is 18.9 Å². The highest BCUT2D eigenvalue weighted by Crippen LogP contribution is 2.44. The number of carbonyl (C=O) groups is 2. The molecule has 1 aromatic carbocycles. The van der Waals surface area contributed by atoms with Crippen LogP contribution in [0, 0.1) is 17.6 Å². The van der Waals surface area contributed by atoms with E-state index in [1.54, 1.807) is 0 Å². The van der Waals surface area contributed by atoms with Crippen molar-refractivity contribution in [3.63, 3.8) is 0 Å². The number of nitrogens with zero attached hydrogens (tertiary/aromatic N) is 1. The molecular weight excluding hydrogens is 372 g/mol. The van der Waals surface area contributed by atoms with Gasteiger partial charge in [0.15, 0.2) is 5.60 Å². The van der Waals surface area contributed by atoms with E-state index in [4.69, 9.17) is 15.3 Å². The van der Waals surface area contributed by atoms with Gasteiger partial charge in [-0.05, 0) is 37.5 Å². The fourth-order valence-corrected chi connectivity index (χ4v) is 3.85. The Morgan fingerprint density at radius 1 is 1.21 bits per heavy atom. The number of ether oxygens (including phenoxy) is 1. The van der Waals surface area contributed by atoms with Crippen molar-refractivity contribution >= 4 is 11.8 Å². The molecule has 152 valence electrons. The molecule has 0 radical (unpaired) electrons. The number of carbonyl (C=O) groups excluding carboxylic acids is 2. The summed E-state index contributed by atoms with van der Waals surface area (Å²) in [5.41, 5.74) is 4.47. The molecule has 1 aromatic rings. The number of rotatable bonds is 5. The molecule has 2 aliphatic heterocycles. The number of hydrogen-bond acceptors (Lipinski definition) is 5. The monoisotopic (exact) mass is 395 g/mol. The minimum absolute atomic E-state index is 0.110. The van der Waals surface area contributed by atoms with Crippen molar-refractivity contribution in [2.24, 2.45) is 11.7 Å². The molecule has 3 fully saturated rings. The Balaban J connectivity index is 1.65. The van der Waals surface area contributed by atoms with Gasteiger partial charge in [0, 0.05) is 18.5 Å². The van der Waals surface area contributed by atoms with E-state index in [9.17, 15) is 18.4 Å². The molecule has 1 saturated carbocycles. The van der Waals surface area contributed by atoms with Crippen molar-refractivity contribution in [3.05, 3.63) is 35.4 Å². The van der Waals surface area contributed by atoms with Gasteiger partial charge in [-0.2, -0.15) is 5.06 Å². The van der Waals surface area contributed by atoms with Gasteiger partial charge in [-0.1, -0.05) is 0 Å². The van der Waals surface area contributed by atoms with Gasteiger partial charge in [0.1, 0.15) is 11.6 Å². The predicted octanol–water partition coefficient (Wildman–Crippen LogP) is 1.18. The van der Waals surface area contributed by atoms with E-state index < -0.39 is 41.1 Å². The minimum atomic E-state index is -1.35. The van der Waals surface area contributed by atoms with Crippen LogP contribution >= 0.6 is 0 Å². The maximum atomic E-state index is 13.8. The van der Waals surface area contributed by atoms with E-state index in [-0.39, 0.29) is 31.6 Å². The molecular formula is C19H23F2N3O4. The van der Waals surface area contributed by atoms with Gasteiger partial charge in [-0.3, -0.25) is 14.4 Å². The van der Waals surface area contributed by atoms with Gasteiger partial charge in [-0.25, -0.2) is 8.78 Å². The number of benzene rings is 1. The van der Waals surface area contributed by atoms with E-state index in [1.165, 1.54) is 24.1 Å². The first kappa shape index (κ1) is 19.2. The molecule has 4 unspecified atom stereocenters. The maximum Gasteiger partial charge on any atom is 0.251 e. The Morgan fingerprint density at radius 3 is 2.50 bits per heavy atom. The Kier molecular flexibility index (Phi) is 4.84. The topological polar surface area (TPSA) is 93.9 Å². The van der Waals surface area contributed by atoms with Crippen molar-refractivity contribution in [1.29, 1.82) is 0 Å². The van der Waals surface area contributed by atoms with Crippen molar-refractivity contribution in [1.82, 2.24) is 10.4 Å². The second-order valence-electron chi connectivity index (χ2n) is 7.96. The van der Waals surface area contributed by atoms with Crippen LogP contribution in [0.3, 0.4) is 0 Å². The van der Waals surface area contributed by atoms with Gasteiger partial charge >= 0.3 is 0 Å². The molecule has 0 aromatic heterocycles. The predicted molar refractivity (Wildman–Crippen MR) is 93.5 cm³/mol. The second-order valence-corrected chi connectivity index (χ2v) is 7.96. The van der Waals surface area contributed by atoms with Gasteiger partial charge in [0.25, 0.3) is 5.91 Å². The molecule has 0 bridgehead atoms. The molecule has 4 rings (SSSR count). The number of amides is 2. The third-order valence-corrected chi connectivity index (χ3v) is 5.63. The van der Waals surface area contributed by atoms with E-state index in [1.807, 2.05) is 0 Å². The Morgan fingerprint density at radius 2 is 1.89 bits per heavy atom. The summed E-state index contributed by atoms with van der Waals surface area (Å²) in [7, 11) is 0. The molecule has 1 aliphatic carbocycles. The van der Waals surface area contributed by atoms with Crippen molar-refractivity contribution in [2.75, 3.05) is 13.2 Å². The fraction of sp³-hybridized carbons (Fsp3) is 0.579. The van der Waals surface area contributed by atoms with Gasteiger partial charge in [-0.15, -0.1) is 0 Å². The highest BCUT2D eigenvalue weighted by Gasteiger charge is 2.53. The molecule has 28 heavy (non-hydrogen) atoms. The van der Waals surface area contributed by atoms with Crippen LogP contribution in [-0.4, -0.2) is 47.8 Å². The summed E-state index contributed by atoms with van der Waals surface area (Å²) in [6.45, 7) is 1.94. The Hall–Kier alpha value is -2.10. The molecule has 0 spiro atoms. The van der Waals surface area contributed by atoms with Crippen molar-refractivity contribution in [2.45, 2.75) is 49.9 Å². The quantitative estimate of drug-likeness (QED) is 0.781.